The first-order valence-electron chi connectivity index (χ1n) is 5.91. The number of alkyl carbamates (subject to hydrolysis) is 1. The van der Waals surface area contributed by atoms with Crippen LogP contribution in [0, 0.1) is 0 Å². The van der Waals surface area contributed by atoms with Gasteiger partial charge in [-0.15, -0.1) is 0 Å². The second-order valence-electron chi connectivity index (χ2n) is 6.00. The van der Waals surface area contributed by atoms with Gasteiger partial charge in [0, 0.05) is 6.54 Å². The van der Waals surface area contributed by atoms with E-state index in [1.807, 2.05) is 48.5 Å². The van der Waals surface area contributed by atoms with Crippen molar-refractivity contribution in [2.45, 2.75) is 65.7 Å². The first kappa shape index (κ1) is 16.2. The van der Waals surface area contributed by atoms with E-state index in [0.29, 0.717) is 6.54 Å². The summed E-state index contributed by atoms with van der Waals surface area (Å²) in [6, 6.07) is 0. The topological polar surface area (TPSA) is 59.6 Å². The van der Waals surface area contributed by atoms with Crippen molar-refractivity contribution in [2.75, 3.05) is 6.54 Å². The van der Waals surface area contributed by atoms with E-state index in [4.69, 9.17) is 9.57 Å². The van der Waals surface area contributed by atoms with Crippen LogP contribution in [0.1, 0.15) is 48.5 Å². The van der Waals surface area contributed by atoms with Crippen molar-refractivity contribution in [1.29, 1.82) is 0 Å². The second-order valence-corrected chi connectivity index (χ2v) is 6.00. The van der Waals surface area contributed by atoms with Crippen molar-refractivity contribution in [1.82, 2.24) is 10.8 Å². The molecule has 1 amide bonds. The Morgan fingerprint density at radius 3 is 2.12 bits per heavy atom. The molecule has 0 aromatic rings. The number of amides is 1. The predicted molar refractivity (Wildman–Crippen MR) is 67.7 cm³/mol. The summed E-state index contributed by atoms with van der Waals surface area (Å²) in [5.74, 6) is 0. The second kappa shape index (κ2) is 6.21. The maximum atomic E-state index is 11.6. The van der Waals surface area contributed by atoms with Gasteiger partial charge in [-0.3, -0.25) is 4.84 Å². The smallest absolute Gasteiger partial charge is 0.408 e. The molecule has 0 rings (SSSR count). The van der Waals surface area contributed by atoms with Gasteiger partial charge in [-0.05, 0) is 48.5 Å². The van der Waals surface area contributed by atoms with Gasteiger partial charge in [-0.1, -0.05) is 0 Å². The fourth-order valence-corrected chi connectivity index (χ4v) is 1.01. The molecule has 0 spiro atoms. The van der Waals surface area contributed by atoms with Crippen LogP contribution in [0.4, 0.5) is 4.79 Å². The fraction of sp³-hybridized carbons (Fsp3) is 0.917. The lowest BCUT2D eigenvalue weighted by Gasteiger charge is -2.28. The number of nitrogens with one attached hydrogen (secondary N) is 2. The van der Waals surface area contributed by atoms with Crippen molar-refractivity contribution in [3.63, 3.8) is 0 Å². The van der Waals surface area contributed by atoms with E-state index in [9.17, 15) is 4.79 Å². The number of carbonyl (C=O) groups is 1. The SMILES string of the molecule is CC(C)ONCC(C)(C)NC(=O)OC(C)(C)C. The van der Waals surface area contributed by atoms with Crippen LogP contribution in [0.2, 0.25) is 0 Å². The van der Waals surface area contributed by atoms with Crippen LogP contribution in [0.3, 0.4) is 0 Å². The average molecular weight is 246 g/mol. The molecule has 0 aliphatic rings. The third-order valence-corrected chi connectivity index (χ3v) is 1.67. The number of ether oxygens (including phenoxy) is 1. The summed E-state index contributed by atoms with van der Waals surface area (Å²) in [6.45, 7) is 13.7. The number of hydrogen-bond donors (Lipinski definition) is 2. The van der Waals surface area contributed by atoms with Gasteiger partial charge in [0.15, 0.2) is 0 Å². The molecule has 0 saturated heterocycles. The van der Waals surface area contributed by atoms with Crippen LogP contribution in [0.25, 0.3) is 0 Å². The Labute approximate surface area is 104 Å². The molecule has 0 aliphatic carbocycles. The minimum Gasteiger partial charge on any atom is -0.444 e. The lowest BCUT2D eigenvalue weighted by molar-refractivity contribution is -0.0160. The molecule has 0 heterocycles. The summed E-state index contributed by atoms with van der Waals surface area (Å²) < 4.78 is 5.18. The predicted octanol–water partition coefficient (Wildman–Crippen LogP) is 2.22. The van der Waals surface area contributed by atoms with Crippen LogP contribution >= 0.6 is 0 Å². The summed E-state index contributed by atoms with van der Waals surface area (Å²) in [5, 5.41) is 2.78. The van der Waals surface area contributed by atoms with E-state index in [1.54, 1.807) is 0 Å². The Bertz CT molecular complexity index is 245. The number of hydroxylamine groups is 1. The Kier molecular flexibility index (Phi) is 5.92. The molecule has 102 valence electrons. The van der Waals surface area contributed by atoms with Gasteiger partial charge in [-0.2, -0.15) is 5.48 Å². The molecule has 0 bridgehead atoms. The number of rotatable bonds is 5. The standard InChI is InChI=1S/C12H26N2O3/c1-9(2)17-13-8-12(6,7)14-10(15)16-11(3,4)5/h9,13H,8H2,1-7H3,(H,14,15). The summed E-state index contributed by atoms with van der Waals surface area (Å²) >= 11 is 0. The van der Waals surface area contributed by atoms with Crippen LogP contribution in [-0.2, 0) is 9.57 Å². The normalized spacial score (nSPS) is 12.7. The zero-order valence-electron chi connectivity index (χ0n) is 12.0. The molecule has 0 aliphatic heterocycles. The summed E-state index contributed by atoms with van der Waals surface area (Å²) in [5.41, 5.74) is 1.91. The zero-order valence-corrected chi connectivity index (χ0v) is 12.0. The van der Waals surface area contributed by atoms with E-state index in [0.717, 1.165) is 0 Å². The van der Waals surface area contributed by atoms with Crippen LogP contribution in [-0.4, -0.2) is 29.9 Å². The largest absolute Gasteiger partial charge is 0.444 e. The highest BCUT2D eigenvalue weighted by Gasteiger charge is 2.24. The lowest BCUT2D eigenvalue weighted by Crippen LogP contribution is -2.51. The average Bonchev–Trinajstić information content (AvgIpc) is 1.96. The van der Waals surface area contributed by atoms with Gasteiger partial charge >= 0.3 is 6.09 Å². The van der Waals surface area contributed by atoms with E-state index in [1.165, 1.54) is 0 Å². The summed E-state index contributed by atoms with van der Waals surface area (Å²) in [4.78, 5) is 16.8. The minimum absolute atomic E-state index is 0.104. The van der Waals surface area contributed by atoms with Crippen molar-refractivity contribution in [3.05, 3.63) is 0 Å². The molecule has 0 atom stereocenters. The molecular formula is C12H26N2O3. The van der Waals surface area contributed by atoms with Crippen molar-refractivity contribution < 1.29 is 14.4 Å². The zero-order chi connectivity index (χ0) is 13.7. The Morgan fingerprint density at radius 1 is 1.18 bits per heavy atom. The van der Waals surface area contributed by atoms with Crippen molar-refractivity contribution in [3.8, 4) is 0 Å². The maximum Gasteiger partial charge on any atom is 0.408 e. The highest BCUT2D eigenvalue weighted by atomic mass is 16.7. The van der Waals surface area contributed by atoms with Gasteiger partial charge in [0.05, 0.1) is 11.6 Å². The van der Waals surface area contributed by atoms with Gasteiger partial charge in [0.25, 0.3) is 0 Å². The van der Waals surface area contributed by atoms with E-state index in [-0.39, 0.29) is 6.10 Å². The van der Waals surface area contributed by atoms with Crippen LogP contribution in [0.15, 0.2) is 0 Å². The maximum absolute atomic E-state index is 11.6. The molecule has 5 nitrogen and oxygen atoms in total. The highest BCUT2D eigenvalue weighted by molar-refractivity contribution is 5.68. The molecular weight excluding hydrogens is 220 g/mol. The summed E-state index contributed by atoms with van der Waals surface area (Å²) in [7, 11) is 0. The molecule has 0 aromatic carbocycles. The molecule has 0 saturated carbocycles. The molecule has 17 heavy (non-hydrogen) atoms. The van der Waals surface area contributed by atoms with Gasteiger partial charge in [0.2, 0.25) is 0 Å². The van der Waals surface area contributed by atoms with Crippen molar-refractivity contribution >= 4 is 6.09 Å². The first-order valence-corrected chi connectivity index (χ1v) is 5.91. The number of carbonyl (C=O) groups excluding carboxylic acids is 1. The minimum atomic E-state index is -0.484. The molecule has 2 N–H and O–H groups in total. The third-order valence-electron chi connectivity index (χ3n) is 1.67. The monoisotopic (exact) mass is 246 g/mol. The van der Waals surface area contributed by atoms with Gasteiger partial charge in [-0.25, -0.2) is 4.79 Å². The fourth-order valence-electron chi connectivity index (χ4n) is 1.01. The Balaban J connectivity index is 4.03. The molecule has 0 aromatic heterocycles. The number of hydrogen-bond acceptors (Lipinski definition) is 4. The quantitative estimate of drug-likeness (QED) is 0.730. The third kappa shape index (κ3) is 10.1. The van der Waals surface area contributed by atoms with E-state index < -0.39 is 17.2 Å². The van der Waals surface area contributed by atoms with E-state index in [2.05, 4.69) is 10.8 Å². The van der Waals surface area contributed by atoms with Crippen LogP contribution < -0.4 is 10.8 Å². The summed E-state index contributed by atoms with van der Waals surface area (Å²) in [6.07, 6.45) is -0.318. The van der Waals surface area contributed by atoms with Gasteiger partial charge in [0.1, 0.15) is 5.60 Å². The molecule has 5 heteroatoms. The lowest BCUT2D eigenvalue weighted by atomic mass is 10.1. The Hall–Kier alpha value is -0.810. The van der Waals surface area contributed by atoms with Gasteiger partial charge < -0.3 is 10.1 Å². The van der Waals surface area contributed by atoms with Crippen LogP contribution in [0.5, 0.6) is 0 Å². The Morgan fingerprint density at radius 2 is 1.71 bits per heavy atom. The van der Waals surface area contributed by atoms with E-state index >= 15 is 0 Å². The molecule has 0 unspecified atom stereocenters. The highest BCUT2D eigenvalue weighted by Crippen LogP contribution is 2.09. The molecule has 0 radical (unpaired) electrons. The van der Waals surface area contributed by atoms with Crippen molar-refractivity contribution in [2.24, 2.45) is 0 Å². The molecule has 0 fully saturated rings. The first-order chi connectivity index (χ1) is 7.52.